The van der Waals surface area contributed by atoms with Gasteiger partial charge in [0.1, 0.15) is 0 Å². The van der Waals surface area contributed by atoms with Crippen molar-refractivity contribution >= 4 is 23.9 Å². The molecule has 138 valence electrons. The molecule has 1 aromatic carbocycles. The lowest BCUT2D eigenvalue weighted by Gasteiger charge is -2.02. The van der Waals surface area contributed by atoms with Gasteiger partial charge in [0.15, 0.2) is 0 Å². The second kappa shape index (κ2) is 11.4. The first-order valence-corrected chi connectivity index (χ1v) is 7.93. The van der Waals surface area contributed by atoms with E-state index in [4.69, 9.17) is 9.47 Å². The Morgan fingerprint density at radius 1 is 0.846 bits per heavy atom. The quantitative estimate of drug-likeness (QED) is 0.231. The topological polar surface area (TPSA) is 96.0 Å². The average Bonchev–Trinajstić information content (AvgIpc) is 2.95. The van der Waals surface area contributed by atoms with Crippen LogP contribution >= 0.6 is 0 Å². The second-order valence-electron chi connectivity index (χ2n) is 5.03. The molecule has 2 rings (SSSR count). The smallest absolute Gasteiger partial charge is 0.346 e. The fraction of sp³-hybridized carbons (Fsp3) is 0.263. The molecule has 0 atom stereocenters. The molecule has 0 amide bonds. The maximum Gasteiger partial charge on any atom is 0.346 e. The number of hydrogen-bond acceptors (Lipinski definition) is 7. The third-order valence-corrected chi connectivity index (χ3v) is 3.16. The van der Waals surface area contributed by atoms with Gasteiger partial charge >= 0.3 is 23.9 Å². The number of unbranched alkanes of at least 4 members (excludes halogenated alkanes) is 2. The zero-order valence-electron chi connectivity index (χ0n) is 14.3. The van der Waals surface area contributed by atoms with Crippen LogP contribution in [0, 0.1) is 0 Å². The van der Waals surface area contributed by atoms with E-state index in [0.29, 0.717) is 24.3 Å². The van der Waals surface area contributed by atoms with Crippen LogP contribution in [0.25, 0.3) is 0 Å². The van der Waals surface area contributed by atoms with Crippen LogP contribution in [0.2, 0.25) is 0 Å². The minimum Gasteiger partial charge on any atom is -0.463 e. The molecule has 0 N–H and O–H groups in total. The van der Waals surface area contributed by atoms with Gasteiger partial charge in [-0.25, -0.2) is 19.2 Å². The van der Waals surface area contributed by atoms with Crippen LogP contribution in [0.5, 0.6) is 0 Å². The molecular formula is C19H20O7. The summed E-state index contributed by atoms with van der Waals surface area (Å²) in [6.45, 7) is 7.30. The van der Waals surface area contributed by atoms with E-state index in [-0.39, 0.29) is 0 Å². The highest BCUT2D eigenvalue weighted by atomic mass is 16.6. The van der Waals surface area contributed by atoms with Gasteiger partial charge in [0.25, 0.3) is 0 Å². The lowest BCUT2D eigenvalue weighted by Crippen LogP contribution is -2.04. The summed E-state index contributed by atoms with van der Waals surface area (Å²) in [6.07, 6.45) is 4.61. The molecule has 0 saturated heterocycles. The van der Waals surface area contributed by atoms with Gasteiger partial charge in [0, 0.05) is 12.2 Å². The number of benzene rings is 1. The predicted molar refractivity (Wildman–Crippen MR) is 92.4 cm³/mol. The summed E-state index contributed by atoms with van der Waals surface area (Å²) in [7, 11) is 0. The summed E-state index contributed by atoms with van der Waals surface area (Å²) < 4.78 is 13.9. The number of carbonyl (C=O) groups is 4. The third kappa shape index (κ3) is 7.12. The largest absolute Gasteiger partial charge is 0.463 e. The van der Waals surface area contributed by atoms with Gasteiger partial charge in [-0.1, -0.05) is 25.3 Å². The lowest BCUT2D eigenvalue weighted by atomic mass is 10.1. The number of esters is 4. The summed E-state index contributed by atoms with van der Waals surface area (Å²) in [6, 6.07) is 6.53. The molecule has 0 aromatic heterocycles. The van der Waals surface area contributed by atoms with E-state index >= 15 is 0 Å². The highest BCUT2D eigenvalue weighted by Gasteiger charge is 2.28. The Bertz CT molecular complexity index is 634. The third-order valence-electron chi connectivity index (χ3n) is 3.16. The lowest BCUT2D eigenvalue weighted by molar-refractivity contribution is -0.138. The summed E-state index contributed by atoms with van der Waals surface area (Å²) >= 11 is 0. The van der Waals surface area contributed by atoms with Gasteiger partial charge < -0.3 is 14.2 Å². The van der Waals surface area contributed by atoms with E-state index in [9.17, 15) is 19.2 Å². The van der Waals surface area contributed by atoms with Crippen molar-refractivity contribution in [1.82, 2.24) is 0 Å². The van der Waals surface area contributed by atoms with Crippen LogP contribution < -0.4 is 0 Å². The van der Waals surface area contributed by atoms with Gasteiger partial charge in [0.05, 0.1) is 24.3 Å². The minimum atomic E-state index is -0.550. The van der Waals surface area contributed by atoms with Crippen LogP contribution in [-0.2, 0) is 23.8 Å². The molecule has 7 heteroatoms. The van der Waals surface area contributed by atoms with Crippen LogP contribution in [0.1, 0.15) is 40.0 Å². The maximum atomic E-state index is 10.8. The molecular weight excluding hydrogens is 340 g/mol. The van der Waals surface area contributed by atoms with Gasteiger partial charge in [-0.3, -0.25) is 0 Å². The number of rotatable bonds is 8. The van der Waals surface area contributed by atoms with Crippen molar-refractivity contribution in [1.29, 1.82) is 0 Å². The Kier molecular flexibility index (Phi) is 9.09. The number of hydrogen-bond donors (Lipinski definition) is 0. The first-order chi connectivity index (χ1) is 12.5. The van der Waals surface area contributed by atoms with Crippen LogP contribution in [-0.4, -0.2) is 37.1 Å². The van der Waals surface area contributed by atoms with Gasteiger partial charge in [0.2, 0.25) is 0 Å². The van der Waals surface area contributed by atoms with E-state index in [0.717, 1.165) is 31.4 Å². The standard InChI is InChI=1S/C11H16O4.C8H4O3/c1-3-10(12)14-8-6-5-7-9-15-11(13)4-2;9-7-5-3-1-2-4-6(5)8(10)11-7/h3-4H,1-2,5-9H2;1-4H. The minimum absolute atomic E-state index is 0.359. The number of cyclic esters (lactones) is 2. The zero-order chi connectivity index (χ0) is 19.4. The Hall–Kier alpha value is -3.22. The molecule has 1 aliphatic heterocycles. The maximum absolute atomic E-state index is 10.8. The molecule has 0 saturated carbocycles. The molecule has 1 aromatic rings. The van der Waals surface area contributed by atoms with Crippen LogP contribution in [0.15, 0.2) is 49.6 Å². The van der Waals surface area contributed by atoms with Crippen molar-refractivity contribution in [3.63, 3.8) is 0 Å². The molecule has 7 nitrogen and oxygen atoms in total. The molecule has 0 radical (unpaired) electrons. The second-order valence-corrected chi connectivity index (χ2v) is 5.03. The summed E-state index contributed by atoms with van der Waals surface area (Å²) in [5, 5.41) is 0. The van der Waals surface area contributed by atoms with E-state index in [1.165, 1.54) is 0 Å². The van der Waals surface area contributed by atoms with Crippen molar-refractivity contribution in [2.75, 3.05) is 13.2 Å². The Labute approximate surface area is 151 Å². The first kappa shape index (κ1) is 20.8. The summed E-state index contributed by atoms with van der Waals surface area (Å²) in [5.74, 6) is -1.92. The molecule has 26 heavy (non-hydrogen) atoms. The SMILES string of the molecule is C=CC(=O)OCCCCCOC(=O)C=C.O=C1OC(=O)c2ccccc21. The predicted octanol–water partition coefficient (Wildman–Crippen LogP) is 2.61. The summed E-state index contributed by atoms with van der Waals surface area (Å²) in [5.41, 5.74) is 0.718. The van der Waals surface area contributed by atoms with Gasteiger partial charge in [-0.05, 0) is 31.4 Å². The first-order valence-electron chi connectivity index (χ1n) is 7.93. The molecule has 0 aliphatic carbocycles. The molecule has 0 bridgehead atoms. The number of carbonyl (C=O) groups excluding carboxylic acids is 4. The Morgan fingerprint density at radius 2 is 1.27 bits per heavy atom. The van der Waals surface area contributed by atoms with Crippen molar-refractivity contribution in [2.24, 2.45) is 0 Å². The van der Waals surface area contributed by atoms with Gasteiger partial charge in [-0.2, -0.15) is 0 Å². The van der Waals surface area contributed by atoms with Crippen LogP contribution in [0.4, 0.5) is 0 Å². The molecule has 1 aliphatic rings. The zero-order valence-corrected chi connectivity index (χ0v) is 14.3. The fourth-order valence-corrected chi connectivity index (χ4v) is 1.88. The van der Waals surface area contributed by atoms with E-state index in [1.54, 1.807) is 24.3 Å². The molecule has 0 fully saturated rings. The number of ether oxygens (including phenoxy) is 3. The normalized spacial score (nSPS) is 11.4. The molecule has 0 spiro atoms. The average molecular weight is 360 g/mol. The highest BCUT2D eigenvalue weighted by molar-refractivity contribution is 6.14. The molecule has 1 heterocycles. The van der Waals surface area contributed by atoms with Crippen molar-refractivity contribution in [2.45, 2.75) is 19.3 Å². The van der Waals surface area contributed by atoms with E-state index in [1.807, 2.05) is 0 Å². The van der Waals surface area contributed by atoms with Gasteiger partial charge in [-0.15, -0.1) is 0 Å². The van der Waals surface area contributed by atoms with Crippen molar-refractivity contribution in [3.05, 3.63) is 60.7 Å². The summed E-state index contributed by atoms with van der Waals surface area (Å²) in [4.78, 5) is 42.9. The van der Waals surface area contributed by atoms with Crippen molar-refractivity contribution in [3.8, 4) is 0 Å². The Morgan fingerprint density at radius 3 is 1.65 bits per heavy atom. The molecule has 0 unspecified atom stereocenters. The fourth-order valence-electron chi connectivity index (χ4n) is 1.88. The van der Waals surface area contributed by atoms with E-state index in [2.05, 4.69) is 17.9 Å². The van der Waals surface area contributed by atoms with Crippen LogP contribution in [0.3, 0.4) is 0 Å². The highest BCUT2D eigenvalue weighted by Crippen LogP contribution is 2.18. The monoisotopic (exact) mass is 360 g/mol. The van der Waals surface area contributed by atoms with Crippen molar-refractivity contribution < 1.29 is 33.4 Å². The number of fused-ring (bicyclic) bond motifs is 1. The van der Waals surface area contributed by atoms with E-state index < -0.39 is 23.9 Å². The Balaban J connectivity index is 0.000000269.